The minimum absolute atomic E-state index is 0.134. The van der Waals surface area contributed by atoms with Gasteiger partial charge in [0.05, 0.1) is 28.6 Å². The quantitative estimate of drug-likeness (QED) is 0.453. The Bertz CT molecular complexity index is 1180. The van der Waals surface area contributed by atoms with E-state index < -0.39 is 41.6 Å². The lowest BCUT2D eigenvalue weighted by atomic mass is 10.0. The highest BCUT2D eigenvalue weighted by molar-refractivity contribution is 7.99. The summed E-state index contributed by atoms with van der Waals surface area (Å²) in [5, 5.41) is 5.91. The maximum atomic E-state index is 13.1. The van der Waals surface area contributed by atoms with Crippen molar-refractivity contribution in [3.05, 3.63) is 63.6 Å². The minimum atomic E-state index is -0.985. The van der Waals surface area contributed by atoms with Gasteiger partial charge in [-0.2, -0.15) is 0 Å². The monoisotopic (exact) mass is 581 g/mol. The molecule has 9 nitrogen and oxygen atoms in total. The van der Waals surface area contributed by atoms with E-state index >= 15 is 0 Å². The summed E-state index contributed by atoms with van der Waals surface area (Å²) in [6, 6.07) is 9.77. The van der Waals surface area contributed by atoms with E-state index in [-0.39, 0.29) is 22.0 Å². The number of ether oxygens (including phenoxy) is 2. The fourth-order valence-electron chi connectivity index (χ4n) is 3.63. The lowest BCUT2D eigenvalue weighted by Crippen LogP contribution is -2.53. The van der Waals surface area contributed by atoms with Crippen LogP contribution in [0.25, 0.3) is 0 Å². The molecule has 2 atom stereocenters. The van der Waals surface area contributed by atoms with Crippen LogP contribution in [0.15, 0.2) is 42.5 Å². The third-order valence-corrected chi connectivity index (χ3v) is 7.10. The van der Waals surface area contributed by atoms with Gasteiger partial charge in [0.2, 0.25) is 5.91 Å². The van der Waals surface area contributed by atoms with Crippen LogP contribution in [0.1, 0.15) is 36.7 Å². The molecule has 1 fully saturated rings. The van der Waals surface area contributed by atoms with Gasteiger partial charge in [0.25, 0.3) is 5.91 Å². The summed E-state index contributed by atoms with van der Waals surface area (Å²) in [6.07, 6.45) is -0.456. The molecule has 0 radical (unpaired) electrons. The van der Waals surface area contributed by atoms with Crippen LogP contribution in [0, 0.1) is 0 Å². The Labute approximate surface area is 235 Å². The van der Waals surface area contributed by atoms with Crippen LogP contribution in [-0.4, -0.2) is 65.2 Å². The van der Waals surface area contributed by atoms with E-state index in [4.69, 9.17) is 32.7 Å². The summed E-state index contributed by atoms with van der Waals surface area (Å²) in [5.41, 5.74) is 0.660. The Morgan fingerprint density at radius 1 is 1.08 bits per heavy atom. The number of halogens is 2. The fraction of sp³-hybridized carbons (Fsp3) is 0.385. The topological polar surface area (TPSA) is 114 Å². The third-order valence-electron chi connectivity index (χ3n) is 5.46. The first-order valence-electron chi connectivity index (χ1n) is 11.7. The fourth-order valence-corrected chi connectivity index (χ4v) is 5.34. The number of carbonyl (C=O) groups is 4. The van der Waals surface area contributed by atoms with Gasteiger partial charge >= 0.3 is 12.1 Å². The summed E-state index contributed by atoms with van der Waals surface area (Å²) in [5.74, 6) is -0.877. The number of esters is 1. The van der Waals surface area contributed by atoms with Crippen LogP contribution in [0.2, 0.25) is 10.0 Å². The van der Waals surface area contributed by atoms with Gasteiger partial charge in [-0.05, 0) is 50.6 Å². The summed E-state index contributed by atoms with van der Waals surface area (Å²) in [7, 11) is 1.23. The molecule has 1 unspecified atom stereocenters. The predicted octanol–water partition coefficient (Wildman–Crippen LogP) is 4.76. The van der Waals surface area contributed by atoms with Crippen molar-refractivity contribution in [2.45, 2.75) is 44.9 Å². The van der Waals surface area contributed by atoms with Crippen LogP contribution in [0.4, 0.5) is 10.5 Å². The minimum Gasteiger partial charge on any atom is -0.467 e. The van der Waals surface area contributed by atoms with Crippen LogP contribution in [-0.2, 0) is 25.5 Å². The zero-order valence-corrected chi connectivity index (χ0v) is 23.7. The first-order chi connectivity index (χ1) is 17.9. The molecule has 0 aliphatic carbocycles. The van der Waals surface area contributed by atoms with Gasteiger partial charge in [-0.1, -0.05) is 41.4 Å². The lowest BCUT2D eigenvalue weighted by Gasteiger charge is -2.28. The highest BCUT2D eigenvalue weighted by Gasteiger charge is 2.38. The molecule has 0 bridgehead atoms. The van der Waals surface area contributed by atoms with Gasteiger partial charge in [0, 0.05) is 17.9 Å². The van der Waals surface area contributed by atoms with Gasteiger partial charge in [-0.15, -0.1) is 11.8 Å². The number of hydrogen-bond donors (Lipinski definition) is 2. The average molecular weight is 583 g/mol. The van der Waals surface area contributed by atoms with Gasteiger partial charge < -0.3 is 20.1 Å². The van der Waals surface area contributed by atoms with Crippen LogP contribution < -0.4 is 10.6 Å². The van der Waals surface area contributed by atoms with Gasteiger partial charge in [-0.25, -0.2) is 9.59 Å². The first kappa shape index (κ1) is 29.6. The second-order valence-corrected chi connectivity index (χ2v) is 11.3. The van der Waals surface area contributed by atoms with E-state index in [1.54, 1.807) is 63.2 Å². The Morgan fingerprint density at radius 3 is 2.29 bits per heavy atom. The Kier molecular flexibility index (Phi) is 9.92. The van der Waals surface area contributed by atoms with E-state index in [1.165, 1.54) is 23.8 Å². The van der Waals surface area contributed by atoms with Crippen LogP contribution in [0.3, 0.4) is 0 Å². The number of thioether (sulfide) groups is 1. The maximum Gasteiger partial charge on any atom is 0.411 e. The van der Waals surface area contributed by atoms with E-state index in [2.05, 4.69) is 10.6 Å². The molecule has 38 heavy (non-hydrogen) atoms. The molecule has 12 heteroatoms. The van der Waals surface area contributed by atoms with E-state index in [9.17, 15) is 19.2 Å². The number of nitrogens with one attached hydrogen (secondary N) is 2. The number of hydrogen-bond acceptors (Lipinski definition) is 7. The molecule has 2 N–H and O–H groups in total. The summed E-state index contributed by atoms with van der Waals surface area (Å²) in [4.78, 5) is 52.1. The molecule has 3 amide bonds. The number of anilines is 1. The molecule has 1 heterocycles. The second-order valence-electron chi connectivity index (χ2n) is 9.50. The molecule has 0 spiro atoms. The van der Waals surface area contributed by atoms with Crippen molar-refractivity contribution >= 4 is 64.5 Å². The largest absolute Gasteiger partial charge is 0.467 e. The molecule has 1 saturated heterocycles. The van der Waals surface area contributed by atoms with Crippen LogP contribution in [0.5, 0.6) is 0 Å². The summed E-state index contributed by atoms with van der Waals surface area (Å²) >= 11 is 13.6. The Hall–Kier alpha value is -2.95. The zero-order valence-electron chi connectivity index (χ0n) is 21.4. The number of rotatable bonds is 7. The average Bonchev–Trinajstić information content (AvgIpc) is 3.33. The standard InChI is InChI=1S/C26H29Cl2N3O6S/c1-26(2,3)37-25(35)31-14-38-13-20(31)22(32)30-19(24(34)36-4)12-15-8-10-16(11-9-15)29-23(33)21-17(27)6-5-7-18(21)28/h5-11,19-20H,12-14H2,1-4H3,(H,29,33)(H,30,32)/t19-,20?/m1/s1. The second kappa shape index (κ2) is 12.7. The van der Waals surface area contributed by atoms with Crippen LogP contribution >= 0.6 is 35.0 Å². The van der Waals surface area contributed by atoms with E-state index in [0.717, 1.165) is 0 Å². The van der Waals surface area contributed by atoms with Gasteiger partial charge in [-0.3, -0.25) is 14.5 Å². The SMILES string of the molecule is COC(=O)[C@@H](Cc1ccc(NC(=O)c2c(Cl)cccc2Cl)cc1)NC(=O)C1CSCN1C(=O)OC(C)(C)C. The zero-order chi connectivity index (χ0) is 28.0. The van der Waals surface area contributed by atoms with E-state index in [1.807, 2.05) is 0 Å². The number of methoxy groups -OCH3 is 1. The smallest absolute Gasteiger partial charge is 0.411 e. The van der Waals surface area contributed by atoms with Crippen molar-refractivity contribution in [3.63, 3.8) is 0 Å². The van der Waals surface area contributed by atoms with Crippen molar-refractivity contribution < 1.29 is 28.7 Å². The molecule has 1 aliphatic rings. The van der Waals surface area contributed by atoms with Gasteiger partial charge in [0.1, 0.15) is 17.7 Å². The normalized spacial score (nSPS) is 15.9. The van der Waals surface area contributed by atoms with Crippen molar-refractivity contribution in [1.82, 2.24) is 10.2 Å². The predicted molar refractivity (Wildman–Crippen MR) is 148 cm³/mol. The number of benzene rings is 2. The summed E-state index contributed by atoms with van der Waals surface area (Å²) in [6.45, 7) is 5.25. The molecule has 0 aromatic heterocycles. The van der Waals surface area contributed by atoms with Crippen molar-refractivity contribution in [3.8, 4) is 0 Å². The highest BCUT2D eigenvalue weighted by Crippen LogP contribution is 2.26. The van der Waals surface area contributed by atoms with Crippen molar-refractivity contribution in [1.29, 1.82) is 0 Å². The molecule has 2 aromatic carbocycles. The van der Waals surface area contributed by atoms with Crippen molar-refractivity contribution in [2.75, 3.05) is 24.1 Å². The number of amides is 3. The molecule has 0 saturated carbocycles. The Morgan fingerprint density at radius 2 is 1.71 bits per heavy atom. The molecule has 2 aromatic rings. The third kappa shape index (κ3) is 7.78. The Balaban J connectivity index is 1.66. The molecular weight excluding hydrogens is 553 g/mol. The molecular formula is C26H29Cl2N3O6S. The van der Waals surface area contributed by atoms with E-state index in [0.29, 0.717) is 22.9 Å². The maximum absolute atomic E-state index is 13.1. The molecule has 1 aliphatic heterocycles. The van der Waals surface area contributed by atoms with Gasteiger partial charge in [0.15, 0.2) is 0 Å². The number of carbonyl (C=O) groups excluding carboxylic acids is 4. The molecule has 204 valence electrons. The number of nitrogens with zero attached hydrogens (tertiary/aromatic N) is 1. The lowest BCUT2D eigenvalue weighted by molar-refractivity contribution is -0.145. The molecule has 3 rings (SSSR count). The first-order valence-corrected chi connectivity index (χ1v) is 13.6. The summed E-state index contributed by atoms with van der Waals surface area (Å²) < 4.78 is 10.3. The van der Waals surface area contributed by atoms with Crippen molar-refractivity contribution in [2.24, 2.45) is 0 Å². The highest BCUT2D eigenvalue weighted by atomic mass is 35.5.